The largest absolute Gasteiger partial charge is 0.495 e. The van der Waals surface area contributed by atoms with Crippen LogP contribution in [-0.4, -0.2) is 57.1 Å². The van der Waals surface area contributed by atoms with E-state index < -0.39 is 28.5 Å². The van der Waals surface area contributed by atoms with Crippen LogP contribution in [0.4, 0.5) is 5.69 Å². The molecule has 0 spiro atoms. The molecule has 1 N–H and O–H groups in total. The summed E-state index contributed by atoms with van der Waals surface area (Å²) in [6, 6.07) is 19.7. The van der Waals surface area contributed by atoms with E-state index in [-0.39, 0.29) is 41.4 Å². The number of sulfonamides is 1. The predicted molar refractivity (Wildman–Crippen MR) is 159 cm³/mol. The molecule has 0 radical (unpaired) electrons. The van der Waals surface area contributed by atoms with Gasteiger partial charge in [-0.3, -0.25) is 13.9 Å². The number of benzene rings is 3. The number of hydrogen-bond donors (Lipinski definition) is 1. The van der Waals surface area contributed by atoms with Gasteiger partial charge in [-0.1, -0.05) is 71.7 Å². The minimum Gasteiger partial charge on any atom is -0.495 e. The van der Waals surface area contributed by atoms with E-state index in [0.29, 0.717) is 10.6 Å². The van der Waals surface area contributed by atoms with E-state index in [1.54, 1.807) is 30.3 Å². The Kier molecular flexibility index (Phi) is 10.8. The number of methoxy groups -OCH3 is 1. The summed E-state index contributed by atoms with van der Waals surface area (Å²) in [6.45, 7) is 3.04. The second kappa shape index (κ2) is 13.9. The highest BCUT2D eigenvalue weighted by Gasteiger charge is 2.34. The van der Waals surface area contributed by atoms with Gasteiger partial charge in [0.05, 0.1) is 19.1 Å². The van der Waals surface area contributed by atoms with Gasteiger partial charge in [-0.25, -0.2) is 8.42 Å². The molecule has 0 aliphatic rings. The van der Waals surface area contributed by atoms with Crippen LogP contribution < -0.4 is 14.4 Å². The van der Waals surface area contributed by atoms with E-state index >= 15 is 0 Å². The number of ether oxygens (including phenoxy) is 1. The number of amides is 2. The monoisotopic (exact) mass is 605 g/mol. The molecular formula is C29H33Cl2N3O5S. The first-order valence-corrected chi connectivity index (χ1v) is 15.2. The third kappa shape index (κ3) is 8.36. The van der Waals surface area contributed by atoms with Gasteiger partial charge in [0.25, 0.3) is 0 Å². The van der Waals surface area contributed by atoms with Crippen LogP contribution in [0.15, 0.2) is 72.8 Å². The maximum atomic E-state index is 14.1. The molecule has 214 valence electrons. The number of rotatable bonds is 12. The molecule has 8 nitrogen and oxygen atoms in total. The Morgan fingerprint density at radius 1 is 0.975 bits per heavy atom. The Bertz CT molecular complexity index is 1430. The van der Waals surface area contributed by atoms with Crippen LogP contribution in [0, 0.1) is 0 Å². The zero-order chi connectivity index (χ0) is 29.4. The van der Waals surface area contributed by atoms with Gasteiger partial charge >= 0.3 is 0 Å². The standard InChI is InChI=1S/C29H33Cl2N3O5S/c1-20(2)32-29(36)26(16-21-10-6-5-7-11-21)33(18-22-12-8-9-13-24(22)31)28(35)19-34(40(4,37)38)25-17-23(30)14-15-27(25)39-3/h5-15,17,20,26H,16,18-19H2,1-4H3,(H,32,36). The Balaban J connectivity index is 2.11. The Hall–Kier alpha value is -3.27. The van der Waals surface area contributed by atoms with E-state index in [0.717, 1.165) is 16.1 Å². The molecule has 2 amide bonds. The van der Waals surface area contributed by atoms with Crippen molar-refractivity contribution in [3.63, 3.8) is 0 Å². The summed E-state index contributed by atoms with van der Waals surface area (Å²) in [5.74, 6) is -0.753. The van der Waals surface area contributed by atoms with Crippen molar-refractivity contribution in [1.82, 2.24) is 10.2 Å². The fourth-order valence-electron chi connectivity index (χ4n) is 4.20. The van der Waals surface area contributed by atoms with Gasteiger partial charge in [0.2, 0.25) is 21.8 Å². The molecule has 1 atom stereocenters. The quantitative estimate of drug-likeness (QED) is 0.316. The SMILES string of the molecule is COc1ccc(Cl)cc1N(CC(=O)N(Cc1ccccc1Cl)C(Cc1ccccc1)C(=O)NC(C)C)S(C)(=O)=O. The normalized spacial score (nSPS) is 12.1. The smallest absolute Gasteiger partial charge is 0.244 e. The molecule has 40 heavy (non-hydrogen) atoms. The minimum atomic E-state index is -3.98. The average molecular weight is 607 g/mol. The molecule has 0 saturated heterocycles. The predicted octanol–water partition coefficient (Wildman–Crippen LogP) is 4.93. The highest BCUT2D eigenvalue weighted by atomic mass is 35.5. The molecule has 3 aromatic rings. The van der Waals surface area contributed by atoms with Gasteiger partial charge in [0, 0.05) is 29.1 Å². The Morgan fingerprint density at radius 3 is 2.23 bits per heavy atom. The number of carbonyl (C=O) groups excluding carboxylic acids is 2. The molecule has 3 rings (SSSR count). The summed E-state index contributed by atoms with van der Waals surface area (Å²) in [4.78, 5) is 29.1. The first-order chi connectivity index (χ1) is 18.9. The summed E-state index contributed by atoms with van der Waals surface area (Å²) >= 11 is 12.6. The second-order valence-corrected chi connectivity index (χ2v) is 12.3. The first kappa shape index (κ1) is 31.3. The summed E-state index contributed by atoms with van der Waals surface area (Å²) in [7, 11) is -2.59. The van der Waals surface area contributed by atoms with Gasteiger partial charge in [-0.15, -0.1) is 0 Å². The lowest BCUT2D eigenvalue weighted by Gasteiger charge is -2.34. The number of halogens is 2. The fourth-order valence-corrected chi connectivity index (χ4v) is 5.40. The van der Waals surface area contributed by atoms with Gasteiger partial charge in [-0.2, -0.15) is 0 Å². The third-order valence-electron chi connectivity index (χ3n) is 6.09. The zero-order valence-corrected chi connectivity index (χ0v) is 25.1. The van der Waals surface area contributed by atoms with E-state index in [9.17, 15) is 18.0 Å². The van der Waals surface area contributed by atoms with Crippen molar-refractivity contribution in [2.24, 2.45) is 0 Å². The van der Waals surface area contributed by atoms with Gasteiger partial charge in [0.1, 0.15) is 18.3 Å². The van der Waals surface area contributed by atoms with E-state index in [1.165, 1.54) is 24.1 Å². The lowest BCUT2D eigenvalue weighted by Crippen LogP contribution is -2.54. The number of anilines is 1. The summed E-state index contributed by atoms with van der Waals surface area (Å²) < 4.78 is 32.3. The lowest BCUT2D eigenvalue weighted by atomic mass is 10.0. The molecule has 0 aromatic heterocycles. The average Bonchev–Trinajstić information content (AvgIpc) is 2.89. The molecule has 0 bridgehead atoms. The molecule has 0 saturated carbocycles. The Labute approximate surface area is 245 Å². The minimum absolute atomic E-state index is 0.0220. The van der Waals surface area contributed by atoms with Crippen LogP contribution in [0.1, 0.15) is 25.0 Å². The third-order valence-corrected chi connectivity index (χ3v) is 7.82. The molecule has 3 aromatic carbocycles. The molecule has 0 fully saturated rings. The maximum absolute atomic E-state index is 14.1. The van der Waals surface area contributed by atoms with Gasteiger partial charge in [0.15, 0.2) is 0 Å². The zero-order valence-electron chi connectivity index (χ0n) is 22.8. The number of nitrogens with zero attached hydrogens (tertiary/aromatic N) is 2. The summed E-state index contributed by atoms with van der Waals surface area (Å²) in [5.41, 5.74) is 1.55. The number of carbonyl (C=O) groups is 2. The van der Waals surface area contributed by atoms with Crippen molar-refractivity contribution in [1.29, 1.82) is 0 Å². The fraction of sp³-hybridized carbons (Fsp3) is 0.310. The van der Waals surface area contributed by atoms with Crippen LogP contribution in [0.25, 0.3) is 0 Å². The summed E-state index contributed by atoms with van der Waals surface area (Å²) in [5, 5.41) is 3.59. The molecular weight excluding hydrogens is 573 g/mol. The molecule has 0 heterocycles. The molecule has 0 aliphatic heterocycles. The van der Waals surface area contributed by atoms with E-state index in [2.05, 4.69) is 5.32 Å². The second-order valence-electron chi connectivity index (χ2n) is 9.57. The first-order valence-electron chi connectivity index (χ1n) is 12.6. The molecule has 0 aliphatic carbocycles. The van der Waals surface area contributed by atoms with Crippen molar-refractivity contribution in [3.05, 3.63) is 94.0 Å². The highest BCUT2D eigenvalue weighted by molar-refractivity contribution is 7.92. The van der Waals surface area contributed by atoms with Crippen LogP contribution in [0.2, 0.25) is 10.0 Å². The van der Waals surface area contributed by atoms with Crippen molar-refractivity contribution in [2.75, 3.05) is 24.2 Å². The van der Waals surface area contributed by atoms with Crippen LogP contribution >= 0.6 is 23.2 Å². The highest BCUT2D eigenvalue weighted by Crippen LogP contribution is 2.33. The van der Waals surface area contributed by atoms with Crippen LogP contribution in [0.5, 0.6) is 5.75 Å². The van der Waals surface area contributed by atoms with E-state index in [1.807, 2.05) is 44.2 Å². The van der Waals surface area contributed by atoms with Crippen molar-refractivity contribution >= 4 is 50.7 Å². The van der Waals surface area contributed by atoms with E-state index in [4.69, 9.17) is 27.9 Å². The van der Waals surface area contributed by atoms with Crippen molar-refractivity contribution < 1.29 is 22.7 Å². The molecule has 11 heteroatoms. The van der Waals surface area contributed by atoms with Crippen molar-refractivity contribution in [3.8, 4) is 5.75 Å². The Morgan fingerprint density at radius 2 is 1.62 bits per heavy atom. The topological polar surface area (TPSA) is 96.0 Å². The number of hydrogen-bond acceptors (Lipinski definition) is 5. The van der Waals surface area contributed by atoms with Gasteiger partial charge in [-0.05, 0) is 49.2 Å². The summed E-state index contributed by atoms with van der Waals surface area (Å²) in [6.07, 6.45) is 1.20. The maximum Gasteiger partial charge on any atom is 0.244 e. The molecule has 1 unspecified atom stereocenters. The van der Waals surface area contributed by atoms with Crippen LogP contribution in [0.3, 0.4) is 0 Å². The van der Waals surface area contributed by atoms with Gasteiger partial charge < -0.3 is 15.0 Å². The lowest BCUT2D eigenvalue weighted by molar-refractivity contribution is -0.140. The number of nitrogens with one attached hydrogen (secondary N) is 1. The van der Waals surface area contributed by atoms with Crippen LogP contribution in [-0.2, 0) is 32.6 Å². The van der Waals surface area contributed by atoms with Crippen molar-refractivity contribution in [2.45, 2.75) is 38.9 Å².